The molecule has 0 atom stereocenters. The summed E-state index contributed by atoms with van der Waals surface area (Å²) >= 11 is 6.40. The number of aromatic nitrogens is 4. The number of nitrogens with one attached hydrogen (secondary N) is 1. The van der Waals surface area contributed by atoms with Gasteiger partial charge in [-0.2, -0.15) is 4.98 Å². The van der Waals surface area contributed by atoms with Crippen LogP contribution >= 0.6 is 11.6 Å². The number of benzene rings is 1. The molecule has 0 bridgehead atoms. The molecule has 158 valence electrons. The fourth-order valence-corrected chi connectivity index (χ4v) is 4.63. The molecule has 0 radical (unpaired) electrons. The third-order valence-electron chi connectivity index (χ3n) is 6.26. The molecule has 1 aliphatic heterocycles. The minimum Gasteiger partial charge on any atom is -0.493 e. The predicted octanol–water partition coefficient (Wildman–Crippen LogP) is 3.33. The van der Waals surface area contributed by atoms with Crippen molar-refractivity contribution in [2.24, 2.45) is 7.05 Å². The molecule has 0 amide bonds. The third-order valence-corrected chi connectivity index (χ3v) is 6.57. The summed E-state index contributed by atoms with van der Waals surface area (Å²) in [6, 6.07) is 3.77. The van der Waals surface area contributed by atoms with Crippen molar-refractivity contribution in [1.29, 1.82) is 0 Å². The lowest BCUT2D eigenvalue weighted by atomic mass is 9.83. The number of aliphatic hydroxyl groups is 1. The Morgan fingerprint density at radius 2 is 2.10 bits per heavy atom. The largest absolute Gasteiger partial charge is 0.493 e. The second kappa shape index (κ2) is 6.99. The van der Waals surface area contributed by atoms with Crippen LogP contribution in [0.25, 0.3) is 11.2 Å². The van der Waals surface area contributed by atoms with Gasteiger partial charge in [-0.25, -0.2) is 9.78 Å². The fourth-order valence-electron chi connectivity index (χ4n) is 4.42. The van der Waals surface area contributed by atoms with Crippen molar-refractivity contribution in [1.82, 2.24) is 19.1 Å². The van der Waals surface area contributed by atoms with E-state index in [1.165, 1.54) is 0 Å². The first-order valence-electron chi connectivity index (χ1n) is 10.2. The van der Waals surface area contributed by atoms with E-state index in [0.29, 0.717) is 47.3 Å². The summed E-state index contributed by atoms with van der Waals surface area (Å²) in [4.78, 5) is 22.0. The lowest BCUT2D eigenvalue weighted by Crippen LogP contribution is -2.35. The van der Waals surface area contributed by atoms with E-state index in [4.69, 9.17) is 16.3 Å². The van der Waals surface area contributed by atoms with Crippen molar-refractivity contribution < 1.29 is 9.84 Å². The summed E-state index contributed by atoms with van der Waals surface area (Å²) in [5.74, 6) is 1.19. The molecule has 2 N–H and O–H groups in total. The highest BCUT2D eigenvalue weighted by Gasteiger charge is 2.32. The van der Waals surface area contributed by atoms with Gasteiger partial charge in [0.05, 0.1) is 29.1 Å². The second-order valence-corrected chi connectivity index (χ2v) is 8.91. The maximum Gasteiger partial charge on any atom is 0.330 e. The van der Waals surface area contributed by atoms with Gasteiger partial charge in [-0.3, -0.25) is 9.13 Å². The molecule has 1 saturated carbocycles. The summed E-state index contributed by atoms with van der Waals surface area (Å²) in [7, 11) is 1.73. The van der Waals surface area contributed by atoms with Gasteiger partial charge in [0, 0.05) is 25.6 Å². The standard InChI is InChI=1S/C21H24ClN5O3/c1-21(29)6-3-13(4-7-21)27-18-16(26(2)20(27)28)11-23-19(25-18)24-15-9-12-5-8-30-17(12)10-14(15)22/h9-11,13,29H,3-8H2,1-2H3,(H,23,24,25)/t13-,21+. The molecule has 0 unspecified atom stereocenters. The highest BCUT2D eigenvalue weighted by molar-refractivity contribution is 6.33. The number of hydrogen-bond donors (Lipinski definition) is 2. The second-order valence-electron chi connectivity index (χ2n) is 8.51. The zero-order valence-electron chi connectivity index (χ0n) is 17.0. The maximum atomic E-state index is 12.9. The van der Waals surface area contributed by atoms with E-state index in [0.717, 1.165) is 30.6 Å². The van der Waals surface area contributed by atoms with E-state index in [2.05, 4.69) is 15.3 Å². The Labute approximate surface area is 178 Å². The van der Waals surface area contributed by atoms with Crippen LogP contribution < -0.4 is 15.7 Å². The molecule has 9 heteroatoms. The van der Waals surface area contributed by atoms with Gasteiger partial charge in [0.25, 0.3) is 0 Å². The average molecular weight is 430 g/mol. The normalized spacial score (nSPS) is 23.4. The van der Waals surface area contributed by atoms with Crippen molar-refractivity contribution in [3.05, 3.63) is 39.4 Å². The highest BCUT2D eigenvalue weighted by Crippen LogP contribution is 2.37. The van der Waals surface area contributed by atoms with E-state index in [1.807, 2.05) is 13.0 Å². The van der Waals surface area contributed by atoms with Crippen LogP contribution in [0.4, 0.5) is 11.6 Å². The quantitative estimate of drug-likeness (QED) is 0.663. The molecule has 1 aromatic carbocycles. The van der Waals surface area contributed by atoms with Gasteiger partial charge in [-0.1, -0.05) is 11.6 Å². The Hall–Kier alpha value is -2.58. The number of hydrogen-bond acceptors (Lipinski definition) is 6. The monoisotopic (exact) mass is 429 g/mol. The SMILES string of the molecule is Cn1c(=O)n([C@H]2CC[C@@](C)(O)CC2)c2nc(Nc3cc4c(cc3Cl)OCC4)ncc21. The zero-order valence-corrected chi connectivity index (χ0v) is 17.7. The summed E-state index contributed by atoms with van der Waals surface area (Å²) < 4.78 is 8.87. The number of nitrogens with zero attached hydrogens (tertiary/aromatic N) is 4. The lowest BCUT2D eigenvalue weighted by molar-refractivity contribution is 0.00991. The van der Waals surface area contributed by atoms with Gasteiger partial charge in [-0.05, 0) is 44.2 Å². The van der Waals surface area contributed by atoms with Gasteiger partial charge in [0.1, 0.15) is 11.3 Å². The molecule has 5 rings (SSSR count). The molecule has 2 aromatic heterocycles. The van der Waals surface area contributed by atoms with Gasteiger partial charge >= 0.3 is 5.69 Å². The molecule has 3 heterocycles. The molecule has 8 nitrogen and oxygen atoms in total. The molecule has 1 aliphatic carbocycles. The zero-order chi connectivity index (χ0) is 21.0. The first kappa shape index (κ1) is 19.4. The van der Waals surface area contributed by atoms with Crippen molar-refractivity contribution in [3.63, 3.8) is 0 Å². The molecule has 30 heavy (non-hydrogen) atoms. The summed E-state index contributed by atoms with van der Waals surface area (Å²) in [5.41, 5.74) is 2.28. The molecule has 0 saturated heterocycles. The number of anilines is 2. The van der Waals surface area contributed by atoms with Gasteiger partial charge < -0.3 is 15.2 Å². The smallest absolute Gasteiger partial charge is 0.330 e. The molecular weight excluding hydrogens is 406 g/mol. The number of fused-ring (bicyclic) bond motifs is 2. The van der Waals surface area contributed by atoms with Gasteiger partial charge in [0.15, 0.2) is 5.65 Å². The molecule has 1 fully saturated rings. The highest BCUT2D eigenvalue weighted by atomic mass is 35.5. The first-order chi connectivity index (χ1) is 14.3. The Bertz CT molecular complexity index is 1190. The van der Waals surface area contributed by atoms with E-state index in [9.17, 15) is 9.90 Å². The Balaban J connectivity index is 1.52. The van der Waals surface area contributed by atoms with Crippen molar-refractivity contribution in [3.8, 4) is 5.75 Å². The minimum absolute atomic E-state index is 0.00454. The minimum atomic E-state index is -0.666. The van der Waals surface area contributed by atoms with Crippen LogP contribution in [0.15, 0.2) is 23.1 Å². The van der Waals surface area contributed by atoms with E-state index in [1.54, 1.807) is 28.4 Å². The van der Waals surface area contributed by atoms with Crippen LogP contribution in [0, 0.1) is 0 Å². The lowest BCUT2D eigenvalue weighted by Gasteiger charge is -2.33. The van der Waals surface area contributed by atoms with Crippen molar-refractivity contribution in [2.75, 3.05) is 11.9 Å². The van der Waals surface area contributed by atoms with E-state index >= 15 is 0 Å². The van der Waals surface area contributed by atoms with E-state index < -0.39 is 5.60 Å². The Kier molecular flexibility index (Phi) is 4.52. The topological polar surface area (TPSA) is 94.2 Å². The number of halogens is 1. The van der Waals surface area contributed by atoms with Crippen molar-refractivity contribution >= 4 is 34.4 Å². The van der Waals surface area contributed by atoms with Gasteiger partial charge in [0.2, 0.25) is 5.95 Å². The molecule has 0 spiro atoms. The Morgan fingerprint density at radius 1 is 1.33 bits per heavy atom. The number of aryl methyl sites for hydroxylation is 1. The van der Waals surface area contributed by atoms with Crippen LogP contribution in [0.5, 0.6) is 5.75 Å². The summed E-state index contributed by atoms with van der Waals surface area (Å²) in [6.45, 7) is 2.51. The fraction of sp³-hybridized carbons (Fsp3) is 0.476. The molecule has 3 aromatic rings. The number of ether oxygens (including phenoxy) is 1. The maximum absolute atomic E-state index is 12.9. The predicted molar refractivity (Wildman–Crippen MR) is 115 cm³/mol. The van der Waals surface area contributed by atoms with Crippen molar-refractivity contribution in [2.45, 2.75) is 50.7 Å². The average Bonchev–Trinajstić information content (AvgIpc) is 3.25. The number of rotatable bonds is 3. The van der Waals surface area contributed by atoms with E-state index in [-0.39, 0.29) is 11.7 Å². The molecular formula is C21H24ClN5O3. The van der Waals surface area contributed by atoms with Crippen LogP contribution in [0.3, 0.4) is 0 Å². The van der Waals surface area contributed by atoms with Crippen LogP contribution in [-0.4, -0.2) is 36.4 Å². The summed E-state index contributed by atoms with van der Waals surface area (Å²) in [6.07, 6.45) is 5.27. The third kappa shape index (κ3) is 3.24. The van der Waals surface area contributed by atoms with Crippen LogP contribution in [0.1, 0.15) is 44.2 Å². The number of imidazole rings is 1. The van der Waals surface area contributed by atoms with Crippen LogP contribution in [-0.2, 0) is 13.5 Å². The first-order valence-corrected chi connectivity index (χ1v) is 10.6. The van der Waals surface area contributed by atoms with Gasteiger partial charge in [-0.15, -0.1) is 0 Å². The van der Waals surface area contributed by atoms with Crippen LogP contribution in [0.2, 0.25) is 5.02 Å². The molecule has 2 aliphatic rings. The Morgan fingerprint density at radius 3 is 2.87 bits per heavy atom. The summed E-state index contributed by atoms with van der Waals surface area (Å²) in [5, 5.41) is 14.0.